The molecule has 2 aliphatic rings. The summed E-state index contributed by atoms with van der Waals surface area (Å²) < 4.78 is 11.1. The SMILES string of the molecule is C[C@H](C(=O)NC1CC1)N1CCN(c2oc(-c3ccco3)nc2C#N)CC1. The lowest BCUT2D eigenvalue weighted by Gasteiger charge is -2.37. The summed E-state index contributed by atoms with van der Waals surface area (Å²) in [5, 5.41) is 12.4. The van der Waals surface area contributed by atoms with Gasteiger partial charge in [-0.3, -0.25) is 9.69 Å². The van der Waals surface area contributed by atoms with Crippen molar-refractivity contribution < 1.29 is 13.6 Å². The Kier molecular flexibility index (Phi) is 4.39. The number of oxazole rings is 1. The molecule has 0 radical (unpaired) electrons. The molecule has 1 aliphatic carbocycles. The highest BCUT2D eigenvalue weighted by Crippen LogP contribution is 2.29. The Labute approximate surface area is 151 Å². The van der Waals surface area contributed by atoms with Gasteiger partial charge in [0.05, 0.1) is 12.3 Å². The number of carbonyl (C=O) groups is 1. The van der Waals surface area contributed by atoms with Gasteiger partial charge in [-0.05, 0) is 31.9 Å². The number of anilines is 1. The van der Waals surface area contributed by atoms with Crippen molar-refractivity contribution in [2.24, 2.45) is 0 Å². The van der Waals surface area contributed by atoms with Crippen LogP contribution < -0.4 is 10.2 Å². The summed E-state index contributed by atoms with van der Waals surface area (Å²) >= 11 is 0. The molecular formula is C18H21N5O3. The maximum absolute atomic E-state index is 12.2. The van der Waals surface area contributed by atoms with Crippen LogP contribution in [-0.4, -0.2) is 54.1 Å². The van der Waals surface area contributed by atoms with E-state index in [9.17, 15) is 10.1 Å². The molecule has 0 bridgehead atoms. The van der Waals surface area contributed by atoms with Gasteiger partial charge < -0.3 is 19.1 Å². The number of amides is 1. The molecule has 1 aliphatic heterocycles. The monoisotopic (exact) mass is 355 g/mol. The lowest BCUT2D eigenvalue weighted by atomic mass is 10.2. The van der Waals surface area contributed by atoms with E-state index in [0.717, 1.165) is 25.9 Å². The smallest absolute Gasteiger partial charge is 0.266 e. The highest BCUT2D eigenvalue weighted by atomic mass is 16.4. The van der Waals surface area contributed by atoms with Crippen molar-refractivity contribution in [3.8, 4) is 17.7 Å². The van der Waals surface area contributed by atoms with Crippen LogP contribution >= 0.6 is 0 Å². The quantitative estimate of drug-likeness (QED) is 0.869. The minimum Gasteiger partial charge on any atom is -0.459 e. The van der Waals surface area contributed by atoms with E-state index in [1.165, 1.54) is 6.26 Å². The van der Waals surface area contributed by atoms with Crippen molar-refractivity contribution in [3.05, 3.63) is 24.1 Å². The predicted octanol–water partition coefficient (Wildman–Crippen LogP) is 1.60. The maximum atomic E-state index is 12.2. The second kappa shape index (κ2) is 6.84. The summed E-state index contributed by atoms with van der Waals surface area (Å²) in [6.45, 7) is 4.73. The second-order valence-corrected chi connectivity index (χ2v) is 6.74. The van der Waals surface area contributed by atoms with Gasteiger partial charge in [-0.1, -0.05) is 0 Å². The largest absolute Gasteiger partial charge is 0.459 e. The maximum Gasteiger partial charge on any atom is 0.266 e. The number of rotatable bonds is 5. The number of nitrogens with zero attached hydrogens (tertiary/aromatic N) is 4. The Balaban J connectivity index is 1.41. The van der Waals surface area contributed by atoms with Crippen molar-refractivity contribution in [3.63, 3.8) is 0 Å². The standard InChI is InChI=1S/C18H21N5O3/c1-12(16(24)20-13-4-5-13)22-6-8-23(9-7-22)18-14(11-19)21-17(26-18)15-3-2-10-25-15/h2-3,10,12-13H,4-9H2,1H3,(H,20,24)/t12-/m1/s1. The molecule has 1 N–H and O–H groups in total. The van der Waals surface area contributed by atoms with Crippen LogP contribution in [-0.2, 0) is 4.79 Å². The number of nitrogens with one attached hydrogen (secondary N) is 1. The molecule has 0 unspecified atom stereocenters. The molecule has 2 aromatic heterocycles. The molecule has 2 aromatic rings. The molecule has 4 rings (SSSR count). The average Bonchev–Trinajstić information content (AvgIpc) is 3.15. The van der Waals surface area contributed by atoms with Crippen LogP contribution in [0.25, 0.3) is 11.7 Å². The van der Waals surface area contributed by atoms with Crippen molar-refractivity contribution in [2.75, 3.05) is 31.1 Å². The zero-order valence-electron chi connectivity index (χ0n) is 14.6. The van der Waals surface area contributed by atoms with E-state index in [4.69, 9.17) is 8.83 Å². The van der Waals surface area contributed by atoms with Gasteiger partial charge in [-0.2, -0.15) is 10.2 Å². The van der Waals surface area contributed by atoms with Crippen LogP contribution in [0, 0.1) is 11.3 Å². The number of piperazine rings is 1. The minimum atomic E-state index is -0.151. The Morgan fingerprint density at radius 2 is 2.15 bits per heavy atom. The number of nitriles is 1. The van der Waals surface area contributed by atoms with E-state index < -0.39 is 0 Å². The van der Waals surface area contributed by atoms with Crippen molar-refractivity contribution in [2.45, 2.75) is 31.8 Å². The van der Waals surface area contributed by atoms with Gasteiger partial charge in [0.25, 0.3) is 5.89 Å². The van der Waals surface area contributed by atoms with Crippen LogP contribution in [0.3, 0.4) is 0 Å². The van der Waals surface area contributed by atoms with Gasteiger partial charge >= 0.3 is 0 Å². The van der Waals surface area contributed by atoms with Crippen LogP contribution in [0.4, 0.5) is 5.88 Å². The fourth-order valence-electron chi connectivity index (χ4n) is 3.13. The molecule has 0 aromatic carbocycles. The molecule has 1 saturated carbocycles. The van der Waals surface area contributed by atoms with Gasteiger partial charge in [-0.15, -0.1) is 0 Å². The first-order chi connectivity index (χ1) is 12.7. The fraction of sp³-hybridized carbons (Fsp3) is 0.500. The van der Waals surface area contributed by atoms with E-state index >= 15 is 0 Å². The third-order valence-electron chi connectivity index (χ3n) is 4.90. The lowest BCUT2D eigenvalue weighted by molar-refractivity contribution is -0.126. The summed E-state index contributed by atoms with van der Waals surface area (Å²) in [4.78, 5) is 20.6. The number of furan rings is 1. The number of carbonyl (C=O) groups excluding carboxylic acids is 1. The second-order valence-electron chi connectivity index (χ2n) is 6.74. The van der Waals surface area contributed by atoms with Crippen LogP contribution in [0.2, 0.25) is 0 Å². The molecule has 3 heterocycles. The molecule has 8 nitrogen and oxygen atoms in total. The summed E-state index contributed by atoms with van der Waals surface area (Å²) in [6.07, 6.45) is 3.72. The van der Waals surface area contributed by atoms with Gasteiger partial charge in [0.15, 0.2) is 5.76 Å². The summed E-state index contributed by atoms with van der Waals surface area (Å²) in [7, 11) is 0. The average molecular weight is 355 g/mol. The van der Waals surface area contributed by atoms with Crippen molar-refractivity contribution >= 4 is 11.8 Å². The van der Waals surface area contributed by atoms with Crippen molar-refractivity contribution in [1.82, 2.24) is 15.2 Å². The summed E-state index contributed by atoms with van der Waals surface area (Å²) in [5.41, 5.74) is 0.254. The molecule has 8 heteroatoms. The Hall–Kier alpha value is -2.79. The van der Waals surface area contributed by atoms with Crippen LogP contribution in [0.15, 0.2) is 27.2 Å². The van der Waals surface area contributed by atoms with E-state index in [-0.39, 0.29) is 17.6 Å². The normalized spacial score (nSPS) is 19.2. The third-order valence-corrected chi connectivity index (χ3v) is 4.90. The van der Waals surface area contributed by atoms with Crippen LogP contribution in [0.5, 0.6) is 0 Å². The fourth-order valence-corrected chi connectivity index (χ4v) is 3.13. The molecule has 2 fully saturated rings. The highest BCUT2D eigenvalue weighted by molar-refractivity contribution is 5.81. The molecule has 26 heavy (non-hydrogen) atoms. The van der Waals surface area contributed by atoms with Gasteiger partial charge in [0, 0.05) is 32.2 Å². The third kappa shape index (κ3) is 3.30. The number of hydrogen-bond acceptors (Lipinski definition) is 7. The van der Waals surface area contributed by atoms with E-state index in [1.54, 1.807) is 12.1 Å². The van der Waals surface area contributed by atoms with E-state index in [2.05, 4.69) is 21.3 Å². The molecule has 0 spiro atoms. The molecule has 1 atom stereocenters. The molecular weight excluding hydrogens is 334 g/mol. The zero-order valence-corrected chi connectivity index (χ0v) is 14.6. The number of hydrogen-bond donors (Lipinski definition) is 1. The Bertz CT molecular complexity index is 810. The van der Waals surface area contributed by atoms with Gasteiger partial charge in [0.2, 0.25) is 17.5 Å². The molecule has 136 valence electrons. The highest BCUT2D eigenvalue weighted by Gasteiger charge is 2.31. The summed E-state index contributed by atoms with van der Waals surface area (Å²) in [6, 6.07) is 5.81. The van der Waals surface area contributed by atoms with Gasteiger partial charge in [0.1, 0.15) is 6.07 Å². The molecule has 1 saturated heterocycles. The first kappa shape index (κ1) is 16.7. The zero-order chi connectivity index (χ0) is 18.1. The Morgan fingerprint density at radius 1 is 1.38 bits per heavy atom. The summed E-state index contributed by atoms with van der Waals surface area (Å²) in [5.74, 6) is 1.37. The minimum absolute atomic E-state index is 0.0958. The predicted molar refractivity (Wildman–Crippen MR) is 93.3 cm³/mol. The van der Waals surface area contributed by atoms with E-state index in [0.29, 0.717) is 36.7 Å². The molecule has 1 amide bonds. The lowest BCUT2D eigenvalue weighted by Crippen LogP contribution is -2.54. The van der Waals surface area contributed by atoms with E-state index in [1.807, 2.05) is 11.8 Å². The first-order valence-corrected chi connectivity index (χ1v) is 8.90. The van der Waals surface area contributed by atoms with Crippen LogP contribution in [0.1, 0.15) is 25.5 Å². The first-order valence-electron chi connectivity index (χ1n) is 8.90. The van der Waals surface area contributed by atoms with Gasteiger partial charge in [-0.25, -0.2) is 0 Å². The van der Waals surface area contributed by atoms with Crippen molar-refractivity contribution in [1.29, 1.82) is 5.26 Å². The Morgan fingerprint density at radius 3 is 2.77 bits per heavy atom. The number of aromatic nitrogens is 1. The topological polar surface area (TPSA) is 98.5 Å².